The van der Waals surface area contributed by atoms with E-state index in [1.807, 2.05) is 44.4 Å². The number of aromatic nitrogens is 1. The molecule has 3 rings (SSSR count). The molecule has 7 heteroatoms. The van der Waals surface area contributed by atoms with Crippen molar-refractivity contribution in [3.05, 3.63) is 70.2 Å². The largest absolute Gasteiger partial charge is 0.274 e. The minimum atomic E-state index is -3.95. The molecule has 0 saturated carbocycles. The summed E-state index contributed by atoms with van der Waals surface area (Å²) in [7, 11) is -3.95. The molecule has 0 aliphatic rings. The zero-order chi connectivity index (χ0) is 19.6. The summed E-state index contributed by atoms with van der Waals surface area (Å²) in [4.78, 5) is 16.7. The molecule has 0 bridgehead atoms. The van der Waals surface area contributed by atoms with Crippen LogP contribution in [0.4, 0.5) is 0 Å². The van der Waals surface area contributed by atoms with Crippen molar-refractivity contribution in [2.45, 2.75) is 32.1 Å². The van der Waals surface area contributed by atoms with Gasteiger partial charge in [-0.15, -0.1) is 11.3 Å². The molecule has 0 saturated heterocycles. The molecule has 1 N–H and O–H groups in total. The van der Waals surface area contributed by atoms with E-state index in [9.17, 15) is 13.2 Å². The van der Waals surface area contributed by atoms with Crippen molar-refractivity contribution in [2.75, 3.05) is 0 Å². The fraction of sp³-hybridized carbons (Fsp3) is 0.200. The third-order valence-corrected chi connectivity index (χ3v) is 6.49. The molecule has 140 valence electrons. The number of hydrogen-bond donors (Lipinski definition) is 1. The van der Waals surface area contributed by atoms with Gasteiger partial charge in [0.15, 0.2) is 0 Å². The van der Waals surface area contributed by atoms with Gasteiger partial charge in [0, 0.05) is 16.6 Å². The maximum atomic E-state index is 12.6. The number of carbonyl (C=O) groups is 1. The van der Waals surface area contributed by atoms with Crippen LogP contribution in [0.15, 0.2) is 52.7 Å². The molecule has 1 aromatic heterocycles. The van der Waals surface area contributed by atoms with Crippen LogP contribution in [0.3, 0.4) is 0 Å². The van der Waals surface area contributed by atoms with Crippen LogP contribution in [0.1, 0.15) is 22.4 Å². The van der Waals surface area contributed by atoms with Crippen molar-refractivity contribution < 1.29 is 13.2 Å². The van der Waals surface area contributed by atoms with Crippen molar-refractivity contribution in [1.82, 2.24) is 9.71 Å². The molecule has 0 aliphatic heterocycles. The molecule has 0 fully saturated rings. The normalized spacial score (nSPS) is 11.4. The van der Waals surface area contributed by atoms with Crippen molar-refractivity contribution in [3.8, 4) is 10.6 Å². The van der Waals surface area contributed by atoms with Crippen LogP contribution in [-0.4, -0.2) is 19.3 Å². The molecule has 2 aromatic carbocycles. The molecule has 3 aromatic rings. The maximum Gasteiger partial charge on any atom is 0.264 e. The molecule has 0 atom stereocenters. The first-order valence-electron chi connectivity index (χ1n) is 8.39. The van der Waals surface area contributed by atoms with E-state index in [0.29, 0.717) is 5.56 Å². The predicted octanol–water partition coefficient (Wildman–Crippen LogP) is 3.78. The van der Waals surface area contributed by atoms with Crippen LogP contribution in [-0.2, 0) is 21.2 Å². The highest BCUT2D eigenvalue weighted by Crippen LogP contribution is 2.25. The van der Waals surface area contributed by atoms with Gasteiger partial charge < -0.3 is 0 Å². The minimum absolute atomic E-state index is 0.0120. The highest BCUT2D eigenvalue weighted by Gasteiger charge is 2.19. The van der Waals surface area contributed by atoms with Crippen LogP contribution in [0.2, 0.25) is 0 Å². The number of hydrogen-bond acceptors (Lipinski definition) is 5. The quantitative estimate of drug-likeness (QED) is 0.707. The Bertz CT molecular complexity index is 1100. The van der Waals surface area contributed by atoms with Crippen LogP contribution < -0.4 is 4.72 Å². The third kappa shape index (κ3) is 4.61. The first-order chi connectivity index (χ1) is 12.7. The SMILES string of the molecule is Cc1ccc(C)c(CC(=O)NS(=O)(=O)c2cccc(-c3nc(C)cs3)c2)c1. The third-order valence-electron chi connectivity index (χ3n) is 4.11. The monoisotopic (exact) mass is 400 g/mol. The number of nitrogens with zero attached hydrogens (tertiary/aromatic N) is 1. The van der Waals surface area contributed by atoms with Gasteiger partial charge in [0.05, 0.1) is 11.3 Å². The molecule has 1 amide bonds. The molecular weight excluding hydrogens is 380 g/mol. The van der Waals surface area contributed by atoms with Crippen LogP contribution in [0.5, 0.6) is 0 Å². The number of amides is 1. The summed E-state index contributed by atoms with van der Waals surface area (Å²) in [6.07, 6.45) is 0.0120. The van der Waals surface area contributed by atoms with Crippen molar-refractivity contribution in [3.63, 3.8) is 0 Å². The molecule has 5 nitrogen and oxygen atoms in total. The van der Waals surface area contributed by atoms with E-state index in [1.165, 1.54) is 23.5 Å². The Hall–Kier alpha value is -2.51. The number of aryl methyl sites for hydroxylation is 3. The average Bonchev–Trinajstić information content (AvgIpc) is 3.04. The first-order valence-corrected chi connectivity index (χ1v) is 10.8. The van der Waals surface area contributed by atoms with Gasteiger partial charge >= 0.3 is 0 Å². The summed E-state index contributed by atoms with van der Waals surface area (Å²) in [5.74, 6) is -0.556. The van der Waals surface area contributed by atoms with Gasteiger partial charge in [0.2, 0.25) is 5.91 Å². The zero-order valence-corrected chi connectivity index (χ0v) is 16.9. The summed E-state index contributed by atoms with van der Waals surface area (Å²) in [6.45, 7) is 5.72. The molecule has 1 heterocycles. The average molecular weight is 401 g/mol. The fourth-order valence-corrected chi connectivity index (χ4v) is 4.52. The minimum Gasteiger partial charge on any atom is -0.274 e. The number of benzene rings is 2. The summed E-state index contributed by atoms with van der Waals surface area (Å²) >= 11 is 1.45. The topological polar surface area (TPSA) is 76.1 Å². The van der Waals surface area contributed by atoms with Crippen LogP contribution >= 0.6 is 11.3 Å². The molecular formula is C20H20N2O3S2. The Labute approximate surface area is 163 Å². The Morgan fingerprint density at radius 1 is 1.11 bits per heavy atom. The Balaban J connectivity index is 1.80. The second-order valence-electron chi connectivity index (χ2n) is 6.46. The zero-order valence-electron chi connectivity index (χ0n) is 15.3. The lowest BCUT2D eigenvalue weighted by Crippen LogP contribution is -2.32. The molecule has 0 spiro atoms. The summed E-state index contributed by atoms with van der Waals surface area (Å²) < 4.78 is 27.4. The summed E-state index contributed by atoms with van der Waals surface area (Å²) in [5, 5.41) is 2.65. The molecule has 27 heavy (non-hydrogen) atoms. The van der Waals surface area contributed by atoms with Gasteiger partial charge in [-0.1, -0.05) is 35.9 Å². The fourth-order valence-electron chi connectivity index (χ4n) is 2.69. The van der Waals surface area contributed by atoms with Crippen LogP contribution in [0, 0.1) is 20.8 Å². The second kappa shape index (κ2) is 7.62. The number of carbonyl (C=O) groups excluding carboxylic acids is 1. The lowest BCUT2D eigenvalue weighted by Gasteiger charge is -2.10. The van der Waals surface area contributed by atoms with Crippen molar-refractivity contribution >= 4 is 27.3 Å². The lowest BCUT2D eigenvalue weighted by molar-refractivity contribution is -0.118. The van der Waals surface area contributed by atoms with E-state index in [2.05, 4.69) is 9.71 Å². The van der Waals surface area contributed by atoms with Crippen molar-refractivity contribution in [2.24, 2.45) is 0 Å². The first kappa shape index (κ1) is 19.3. The van der Waals surface area contributed by atoms with Gasteiger partial charge in [-0.05, 0) is 44.0 Å². The number of rotatable bonds is 5. The van der Waals surface area contributed by atoms with E-state index in [-0.39, 0.29) is 11.3 Å². The summed E-state index contributed by atoms with van der Waals surface area (Å²) in [5.41, 5.74) is 4.38. The Morgan fingerprint density at radius 3 is 2.59 bits per heavy atom. The Kier molecular flexibility index (Phi) is 5.43. The highest BCUT2D eigenvalue weighted by molar-refractivity contribution is 7.90. The lowest BCUT2D eigenvalue weighted by atomic mass is 10.0. The highest BCUT2D eigenvalue weighted by atomic mass is 32.2. The van der Waals surface area contributed by atoms with E-state index >= 15 is 0 Å². The Morgan fingerprint density at radius 2 is 1.89 bits per heavy atom. The molecule has 0 radical (unpaired) electrons. The smallest absolute Gasteiger partial charge is 0.264 e. The standard InChI is InChI=1S/C20H20N2O3S2/c1-13-7-8-14(2)17(9-13)11-19(23)22-27(24,25)18-6-4-5-16(10-18)20-21-15(3)12-26-20/h4-10,12H,11H2,1-3H3,(H,22,23). The number of nitrogens with one attached hydrogen (secondary N) is 1. The van der Waals surface area contributed by atoms with E-state index in [4.69, 9.17) is 0 Å². The van der Waals surface area contributed by atoms with E-state index < -0.39 is 15.9 Å². The maximum absolute atomic E-state index is 12.6. The van der Waals surface area contributed by atoms with Gasteiger partial charge in [-0.3, -0.25) is 4.79 Å². The molecule has 0 unspecified atom stereocenters. The number of sulfonamides is 1. The number of thiazole rings is 1. The predicted molar refractivity (Wildman–Crippen MR) is 107 cm³/mol. The second-order valence-corrected chi connectivity index (χ2v) is 9.00. The molecule has 0 aliphatic carbocycles. The van der Waals surface area contributed by atoms with Gasteiger partial charge in [-0.25, -0.2) is 18.1 Å². The van der Waals surface area contributed by atoms with Crippen LogP contribution in [0.25, 0.3) is 10.6 Å². The van der Waals surface area contributed by atoms with E-state index in [0.717, 1.165) is 27.4 Å². The van der Waals surface area contributed by atoms with Crippen molar-refractivity contribution in [1.29, 1.82) is 0 Å². The van der Waals surface area contributed by atoms with Gasteiger partial charge in [0.1, 0.15) is 5.01 Å². The van der Waals surface area contributed by atoms with Gasteiger partial charge in [-0.2, -0.15) is 0 Å². The van der Waals surface area contributed by atoms with Gasteiger partial charge in [0.25, 0.3) is 10.0 Å². The van der Waals surface area contributed by atoms with E-state index in [1.54, 1.807) is 12.1 Å². The summed E-state index contributed by atoms with van der Waals surface area (Å²) in [6, 6.07) is 12.2.